The number of hydrogen-bond acceptors (Lipinski definition) is 4. The molecule has 28 heavy (non-hydrogen) atoms. The summed E-state index contributed by atoms with van der Waals surface area (Å²) in [5.41, 5.74) is 3.36. The number of nitrogens with one attached hydrogen (secondary N) is 3. The Labute approximate surface area is 165 Å². The van der Waals surface area contributed by atoms with E-state index >= 15 is 0 Å². The number of H-pyrrole nitrogens is 1. The molecule has 2 amide bonds. The van der Waals surface area contributed by atoms with Gasteiger partial charge < -0.3 is 5.32 Å². The molecule has 2 aromatic carbocycles. The third-order valence-corrected chi connectivity index (χ3v) is 5.29. The van der Waals surface area contributed by atoms with Crippen molar-refractivity contribution >= 4 is 34.1 Å². The molecule has 0 saturated heterocycles. The highest BCUT2D eigenvalue weighted by molar-refractivity contribution is 7.09. The van der Waals surface area contributed by atoms with Crippen molar-refractivity contribution in [1.29, 1.82) is 5.26 Å². The van der Waals surface area contributed by atoms with E-state index in [1.165, 1.54) is 4.88 Å². The molecule has 0 saturated carbocycles. The van der Waals surface area contributed by atoms with Crippen LogP contribution in [0.3, 0.4) is 0 Å². The fourth-order valence-corrected chi connectivity index (χ4v) is 3.68. The quantitative estimate of drug-likeness (QED) is 0.470. The highest BCUT2D eigenvalue weighted by Crippen LogP contribution is 2.27. The Hall–Kier alpha value is -3.63. The number of benzene rings is 2. The van der Waals surface area contributed by atoms with E-state index in [-0.39, 0.29) is 6.03 Å². The van der Waals surface area contributed by atoms with E-state index in [2.05, 4.69) is 33.0 Å². The second-order valence-electron chi connectivity index (χ2n) is 6.24. The zero-order valence-electron chi connectivity index (χ0n) is 14.9. The summed E-state index contributed by atoms with van der Waals surface area (Å²) in [5.74, 6) is 0.487. The number of carbonyl (C=O) groups excluding carboxylic acids is 1. The molecule has 0 aliphatic carbocycles. The standard InChI is InChI=1S/C21H17N5OS/c22-13-14-3-1-4-15(11-14)16-6-7-18-19(12-16)25-26-20(18)24-21(27)23-9-8-17-5-2-10-28-17/h1-7,10-12H,8-9H2,(H3,23,24,25,26,27). The number of amides is 2. The first-order valence-corrected chi connectivity index (χ1v) is 9.67. The van der Waals surface area contributed by atoms with Gasteiger partial charge in [-0.25, -0.2) is 4.79 Å². The summed E-state index contributed by atoms with van der Waals surface area (Å²) in [6.45, 7) is 0.564. The minimum absolute atomic E-state index is 0.282. The van der Waals surface area contributed by atoms with Gasteiger partial charge in [0.1, 0.15) is 0 Å². The van der Waals surface area contributed by atoms with Gasteiger partial charge in [-0.15, -0.1) is 11.3 Å². The highest BCUT2D eigenvalue weighted by atomic mass is 32.1. The van der Waals surface area contributed by atoms with Crippen molar-refractivity contribution in [1.82, 2.24) is 15.5 Å². The molecule has 0 fully saturated rings. The second kappa shape index (κ2) is 7.94. The first-order chi connectivity index (χ1) is 13.7. The van der Waals surface area contributed by atoms with Crippen LogP contribution in [0.2, 0.25) is 0 Å². The number of urea groups is 1. The zero-order valence-corrected chi connectivity index (χ0v) is 15.7. The zero-order chi connectivity index (χ0) is 19.3. The van der Waals surface area contributed by atoms with Gasteiger partial charge in [0.2, 0.25) is 0 Å². The van der Waals surface area contributed by atoms with E-state index in [0.29, 0.717) is 17.9 Å². The Balaban J connectivity index is 1.45. The summed E-state index contributed by atoms with van der Waals surface area (Å²) in [5, 5.41) is 24.7. The minimum Gasteiger partial charge on any atom is -0.337 e. The van der Waals surface area contributed by atoms with Crippen molar-refractivity contribution in [2.45, 2.75) is 6.42 Å². The number of fused-ring (bicyclic) bond motifs is 1. The fourth-order valence-electron chi connectivity index (χ4n) is 2.97. The largest absolute Gasteiger partial charge is 0.337 e. The third kappa shape index (κ3) is 3.87. The number of thiophene rings is 1. The van der Waals surface area contributed by atoms with Crippen LogP contribution in [0, 0.1) is 11.3 Å². The van der Waals surface area contributed by atoms with E-state index in [0.717, 1.165) is 28.5 Å². The van der Waals surface area contributed by atoms with Gasteiger partial charge in [0.05, 0.1) is 17.1 Å². The lowest BCUT2D eigenvalue weighted by Gasteiger charge is -2.06. The highest BCUT2D eigenvalue weighted by Gasteiger charge is 2.10. The van der Waals surface area contributed by atoms with Crippen molar-refractivity contribution in [2.75, 3.05) is 11.9 Å². The van der Waals surface area contributed by atoms with Gasteiger partial charge >= 0.3 is 6.03 Å². The number of nitrogens with zero attached hydrogens (tertiary/aromatic N) is 2. The van der Waals surface area contributed by atoms with Gasteiger partial charge in [0.15, 0.2) is 5.82 Å². The number of aromatic amines is 1. The van der Waals surface area contributed by atoms with E-state index in [9.17, 15) is 4.79 Å². The van der Waals surface area contributed by atoms with Crippen LogP contribution in [0.5, 0.6) is 0 Å². The lowest BCUT2D eigenvalue weighted by atomic mass is 10.0. The van der Waals surface area contributed by atoms with Crippen LogP contribution in [0.25, 0.3) is 22.0 Å². The van der Waals surface area contributed by atoms with Crippen LogP contribution in [0.4, 0.5) is 10.6 Å². The van der Waals surface area contributed by atoms with Crippen LogP contribution in [-0.4, -0.2) is 22.8 Å². The first-order valence-electron chi connectivity index (χ1n) is 8.79. The van der Waals surface area contributed by atoms with Crippen molar-refractivity contribution in [3.05, 3.63) is 70.4 Å². The molecule has 6 nitrogen and oxygen atoms in total. The Morgan fingerprint density at radius 3 is 2.86 bits per heavy atom. The molecule has 0 unspecified atom stereocenters. The molecule has 7 heteroatoms. The molecule has 3 N–H and O–H groups in total. The average molecular weight is 387 g/mol. The summed E-state index contributed by atoms with van der Waals surface area (Å²) in [4.78, 5) is 13.4. The Bertz CT molecular complexity index is 1160. The Morgan fingerprint density at radius 1 is 1.14 bits per heavy atom. The van der Waals surface area contributed by atoms with Crippen LogP contribution in [0.15, 0.2) is 60.0 Å². The van der Waals surface area contributed by atoms with Gasteiger partial charge in [-0.05, 0) is 53.3 Å². The van der Waals surface area contributed by atoms with Gasteiger partial charge in [0, 0.05) is 16.8 Å². The van der Waals surface area contributed by atoms with Crippen LogP contribution >= 0.6 is 11.3 Å². The molecule has 138 valence electrons. The van der Waals surface area contributed by atoms with Gasteiger partial charge in [-0.1, -0.05) is 24.3 Å². The van der Waals surface area contributed by atoms with Gasteiger partial charge in [-0.2, -0.15) is 10.4 Å². The number of carbonyl (C=O) groups is 1. The summed E-state index contributed by atoms with van der Waals surface area (Å²) in [7, 11) is 0. The predicted molar refractivity (Wildman–Crippen MR) is 111 cm³/mol. The summed E-state index contributed by atoms with van der Waals surface area (Å²) < 4.78 is 0. The maximum Gasteiger partial charge on any atom is 0.320 e. The van der Waals surface area contributed by atoms with Crippen molar-refractivity contribution in [2.24, 2.45) is 0 Å². The van der Waals surface area contributed by atoms with E-state index < -0.39 is 0 Å². The van der Waals surface area contributed by atoms with Crippen LogP contribution in [-0.2, 0) is 6.42 Å². The first kappa shape index (κ1) is 17.8. The minimum atomic E-state index is -0.282. The monoisotopic (exact) mass is 387 g/mol. The smallest absolute Gasteiger partial charge is 0.320 e. The van der Waals surface area contributed by atoms with E-state index in [1.807, 2.05) is 47.8 Å². The molecule has 0 bridgehead atoms. The lowest BCUT2D eigenvalue weighted by molar-refractivity contribution is 0.252. The summed E-state index contributed by atoms with van der Waals surface area (Å²) in [6, 6.07) is 19.2. The number of aromatic nitrogens is 2. The van der Waals surface area contributed by atoms with Crippen molar-refractivity contribution in [3.8, 4) is 17.2 Å². The molecule has 4 aromatic rings. The molecule has 4 rings (SSSR count). The summed E-state index contributed by atoms with van der Waals surface area (Å²) in [6.07, 6.45) is 0.803. The molecular weight excluding hydrogens is 370 g/mol. The maximum absolute atomic E-state index is 12.1. The number of anilines is 1. The maximum atomic E-state index is 12.1. The average Bonchev–Trinajstić information content (AvgIpc) is 3.38. The molecule has 2 heterocycles. The van der Waals surface area contributed by atoms with Crippen LogP contribution < -0.4 is 10.6 Å². The molecule has 0 aliphatic heterocycles. The number of hydrogen-bond donors (Lipinski definition) is 3. The molecule has 0 atom stereocenters. The third-order valence-electron chi connectivity index (χ3n) is 4.36. The van der Waals surface area contributed by atoms with Gasteiger partial charge in [0.25, 0.3) is 0 Å². The van der Waals surface area contributed by atoms with Crippen LogP contribution in [0.1, 0.15) is 10.4 Å². The molecule has 0 radical (unpaired) electrons. The number of rotatable bonds is 5. The molecule has 0 aliphatic rings. The lowest BCUT2D eigenvalue weighted by Crippen LogP contribution is -2.30. The Kier molecular flexibility index (Phi) is 5.04. The molecular formula is C21H17N5OS. The molecule has 2 aromatic heterocycles. The Morgan fingerprint density at radius 2 is 2.04 bits per heavy atom. The molecule has 0 spiro atoms. The number of nitriles is 1. The normalized spacial score (nSPS) is 10.5. The van der Waals surface area contributed by atoms with Gasteiger partial charge in [-0.3, -0.25) is 10.4 Å². The topological polar surface area (TPSA) is 93.6 Å². The predicted octanol–water partition coefficient (Wildman–Crippen LogP) is 4.53. The fraction of sp³-hybridized carbons (Fsp3) is 0.0952. The van der Waals surface area contributed by atoms with E-state index in [1.54, 1.807) is 17.4 Å². The second-order valence-corrected chi connectivity index (χ2v) is 7.27. The SMILES string of the molecule is N#Cc1cccc(-c2ccc3c(NC(=O)NCCc4cccs4)n[nH]c3c2)c1. The van der Waals surface area contributed by atoms with Crippen molar-refractivity contribution in [3.63, 3.8) is 0 Å². The van der Waals surface area contributed by atoms with Crippen molar-refractivity contribution < 1.29 is 4.79 Å². The summed E-state index contributed by atoms with van der Waals surface area (Å²) >= 11 is 1.68. The van der Waals surface area contributed by atoms with E-state index in [4.69, 9.17) is 5.26 Å².